The van der Waals surface area contributed by atoms with Gasteiger partial charge in [0.05, 0.1) is 24.1 Å². The Morgan fingerprint density at radius 3 is 2.81 bits per heavy atom. The van der Waals surface area contributed by atoms with Gasteiger partial charge in [0.2, 0.25) is 0 Å². The summed E-state index contributed by atoms with van der Waals surface area (Å²) in [4.78, 5) is 25.9. The first-order valence-corrected chi connectivity index (χ1v) is 10.6. The fraction of sp³-hybridized carbons (Fsp3) is 0.292. The number of hydrogen-bond acceptors (Lipinski definition) is 6. The van der Waals surface area contributed by atoms with Crippen LogP contribution in [0.5, 0.6) is 0 Å². The molecule has 1 aromatic carbocycles. The molecule has 8 nitrogen and oxygen atoms in total. The SMILES string of the molecule is CN1CCCN(C(=O)Nc2ccccn2)c2nc(-c3cccc(CC(O)CO)c3)ccc21. The predicted molar refractivity (Wildman–Crippen MR) is 125 cm³/mol. The number of amides is 2. The number of urea groups is 1. The third-order valence-electron chi connectivity index (χ3n) is 5.45. The second-order valence-electron chi connectivity index (χ2n) is 7.85. The molecule has 8 heteroatoms. The second-order valence-corrected chi connectivity index (χ2v) is 7.85. The van der Waals surface area contributed by atoms with Gasteiger partial charge in [0.25, 0.3) is 0 Å². The molecule has 0 bridgehead atoms. The summed E-state index contributed by atoms with van der Waals surface area (Å²) in [5.41, 5.74) is 3.40. The van der Waals surface area contributed by atoms with Crippen LogP contribution in [0.2, 0.25) is 0 Å². The molecule has 2 amide bonds. The largest absolute Gasteiger partial charge is 0.394 e. The van der Waals surface area contributed by atoms with Crippen LogP contribution in [-0.2, 0) is 6.42 Å². The number of aliphatic hydroxyl groups excluding tert-OH is 2. The zero-order valence-electron chi connectivity index (χ0n) is 18.0. The summed E-state index contributed by atoms with van der Waals surface area (Å²) in [6.07, 6.45) is 2.00. The Hall–Kier alpha value is -3.49. The predicted octanol–water partition coefficient (Wildman–Crippen LogP) is 2.92. The molecule has 0 radical (unpaired) electrons. The molecule has 32 heavy (non-hydrogen) atoms. The zero-order chi connectivity index (χ0) is 22.5. The lowest BCUT2D eigenvalue weighted by atomic mass is 10.0. The van der Waals surface area contributed by atoms with E-state index in [9.17, 15) is 9.90 Å². The number of fused-ring (bicyclic) bond motifs is 1. The Morgan fingerprint density at radius 2 is 2.03 bits per heavy atom. The third kappa shape index (κ3) is 4.87. The van der Waals surface area contributed by atoms with Crippen LogP contribution in [0.15, 0.2) is 60.8 Å². The molecule has 4 rings (SSSR count). The van der Waals surface area contributed by atoms with E-state index in [2.05, 4.69) is 15.2 Å². The molecule has 1 atom stereocenters. The number of anilines is 3. The van der Waals surface area contributed by atoms with E-state index in [4.69, 9.17) is 10.1 Å². The van der Waals surface area contributed by atoms with Crippen molar-refractivity contribution in [3.05, 3.63) is 66.4 Å². The van der Waals surface area contributed by atoms with Crippen LogP contribution < -0.4 is 15.1 Å². The van der Waals surface area contributed by atoms with Crippen molar-refractivity contribution in [2.24, 2.45) is 0 Å². The van der Waals surface area contributed by atoms with Crippen LogP contribution in [0.4, 0.5) is 22.1 Å². The van der Waals surface area contributed by atoms with E-state index in [1.165, 1.54) is 0 Å². The van der Waals surface area contributed by atoms with E-state index >= 15 is 0 Å². The summed E-state index contributed by atoms with van der Waals surface area (Å²) in [5, 5.41) is 21.8. The highest BCUT2D eigenvalue weighted by Gasteiger charge is 2.26. The first-order valence-electron chi connectivity index (χ1n) is 10.6. The monoisotopic (exact) mass is 433 g/mol. The van der Waals surface area contributed by atoms with Crippen molar-refractivity contribution in [3.8, 4) is 11.3 Å². The Morgan fingerprint density at radius 1 is 1.16 bits per heavy atom. The molecule has 3 aromatic rings. The number of aromatic nitrogens is 2. The average Bonchev–Trinajstić information content (AvgIpc) is 2.98. The quantitative estimate of drug-likeness (QED) is 0.572. The van der Waals surface area contributed by atoms with Gasteiger partial charge in [0.15, 0.2) is 5.82 Å². The molecule has 0 spiro atoms. The minimum absolute atomic E-state index is 0.273. The minimum atomic E-state index is -0.801. The van der Waals surface area contributed by atoms with Crippen molar-refractivity contribution in [1.82, 2.24) is 9.97 Å². The van der Waals surface area contributed by atoms with Crippen LogP contribution in [0, 0.1) is 0 Å². The molecule has 0 saturated carbocycles. The van der Waals surface area contributed by atoms with Crippen molar-refractivity contribution in [2.75, 3.05) is 41.9 Å². The third-order valence-corrected chi connectivity index (χ3v) is 5.45. The lowest BCUT2D eigenvalue weighted by Gasteiger charge is -2.24. The average molecular weight is 434 g/mol. The van der Waals surface area contributed by atoms with E-state index in [1.54, 1.807) is 23.2 Å². The Balaban J connectivity index is 1.67. The number of aliphatic hydroxyl groups is 2. The maximum Gasteiger partial charge on any atom is 0.328 e. The van der Waals surface area contributed by atoms with Gasteiger partial charge >= 0.3 is 6.03 Å². The van der Waals surface area contributed by atoms with Crippen molar-refractivity contribution in [2.45, 2.75) is 18.9 Å². The van der Waals surface area contributed by atoms with Gasteiger partial charge in [-0.1, -0.05) is 24.3 Å². The standard InChI is InChI=1S/C24H27N5O3/c1-28-12-5-13-29(24(32)27-22-8-2-3-11-25-22)23-21(28)10-9-20(26-23)18-7-4-6-17(14-18)15-19(31)16-30/h2-4,6-11,14,19,30-31H,5,12-13,15-16H2,1H3,(H,25,27,32). The first-order chi connectivity index (χ1) is 15.5. The number of nitrogens with zero attached hydrogens (tertiary/aromatic N) is 4. The van der Waals surface area contributed by atoms with E-state index < -0.39 is 6.10 Å². The van der Waals surface area contributed by atoms with Gasteiger partial charge in [-0.2, -0.15) is 0 Å². The summed E-state index contributed by atoms with van der Waals surface area (Å²) < 4.78 is 0. The van der Waals surface area contributed by atoms with E-state index in [1.807, 2.05) is 49.5 Å². The normalized spacial score (nSPS) is 14.5. The maximum atomic E-state index is 13.1. The topological polar surface area (TPSA) is 102 Å². The molecule has 2 aromatic heterocycles. The van der Waals surface area contributed by atoms with Crippen LogP contribution in [0.1, 0.15) is 12.0 Å². The van der Waals surface area contributed by atoms with Crippen molar-refractivity contribution in [1.29, 1.82) is 0 Å². The number of hydrogen-bond donors (Lipinski definition) is 3. The highest BCUT2D eigenvalue weighted by atomic mass is 16.3. The maximum absolute atomic E-state index is 13.1. The number of pyridine rings is 2. The van der Waals surface area contributed by atoms with Crippen LogP contribution in [-0.4, -0.2) is 59.1 Å². The van der Waals surface area contributed by atoms with E-state index in [-0.39, 0.29) is 12.6 Å². The van der Waals surface area contributed by atoms with Gasteiger partial charge in [0.1, 0.15) is 5.82 Å². The second kappa shape index (κ2) is 9.76. The van der Waals surface area contributed by atoms with Gasteiger partial charge in [-0.05, 0) is 42.3 Å². The molecular formula is C24H27N5O3. The molecule has 0 fully saturated rings. The highest BCUT2D eigenvalue weighted by Crippen LogP contribution is 2.33. The van der Waals surface area contributed by atoms with E-state index in [0.717, 1.165) is 35.5 Å². The Labute approximate surface area is 187 Å². The molecule has 1 aliphatic heterocycles. The van der Waals surface area contributed by atoms with Crippen LogP contribution in [0.3, 0.4) is 0 Å². The Kier molecular flexibility index (Phi) is 6.63. The molecule has 1 aliphatic rings. The lowest BCUT2D eigenvalue weighted by molar-refractivity contribution is 0.0955. The van der Waals surface area contributed by atoms with Crippen LogP contribution in [0.25, 0.3) is 11.3 Å². The molecule has 166 valence electrons. The molecule has 3 heterocycles. The molecular weight excluding hydrogens is 406 g/mol. The Bertz CT molecular complexity index is 1080. The smallest absolute Gasteiger partial charge is 0.328 e. The fourth-order valence-corrected chi connectivity index (χ4v) is 3.80. The van der Waals surface area contributed by atoms with E-state index in [0.29, 0.717) is 24.6 Å². The fourth-order valence-electron chi connectivity index (χ4n) is 3.80. The lowest BCUT2D eigenvalue weighted by Crippen LogP contribution is -2.36. The molecule has 0 aliphatic carbocycles. The minimum Gasteiger partial charge on any atom is -0.394 e. The van der Waals surface area contributed by atoms with Gasteiger partial charge in [-0.25, -0.2) is 14.8 Å². The zero-order valence-corrected chi connectivity index (χ0v) is 18.0. The summed E-state index contributed by atoms with van der Waals surface area (Å²) in [6.45, 7) is 1.07. The van der Waals surface area contributed by atoms with Gasteiger partial charge in [0, 0.05) is 38.3 Å². The van der Waals surface area contributed by atoms with Crippen molar-refractivity contribution >= 4 is 23.4 Å². The molecule has 1 unspecified atom stereocenters. The number of benzene rings is 1. The van der Waals surface area contributed by atoms with Crippen LogP contribution >= 0.6 is 0 Å². The summed E-state index contributed by atoms with van der Waals surface area (Å²) in [5.74, 6) is 1.08. The van der Waals surface area contributed by atoms with Gasteiger partial charge in [-0.3, -0.25) is 10.2 Å². The number of carbonyl (C=O) groups excluding carboxylic acids is 1. The van der Waals surface area contributed by atoms with Gasteiger partial charge < -0.3 is 15.1 Å². The summed E-state index contributed by atoms with van der Waals surface area (Å²) in [7, 11) is 2.00. The number of carbonyl (C=O) groups is 1. The van der Waals surface area contributed by atoms with Crippen molar-refractivity contribution in [3.63, 3.8) is 0 Å². The highest BCUT2D eigenvalue weighted by molar-refractivity contribution is 6.03. The summed E-state index contributed by atoms with van der Waals surface area (Å²) in [6, 6.07) is 16.7. The molecule has 3 N–H and O–H groups in total. The molecule has 0 saturated heterocycles. The van der Waals surface area contributed by atoms with Crippen molar-refractivity contribution < 1.29 is 15.0 Å². The summed E-state index contributed by atoms with van der Waals surface area (Å²) >= 11 is 0. The number of rotatable bonds is 5. The first kappa shape index (κ1) is 21.7. The number of nitrogens with one attached hydrogen (secondary N) is 1. The van der Waals surface area contributed by atoms with Gasteiger partial charge in [-0.15, -0.1) is 0 Å².